The van der Waals surface area contributed by atoms with Crippen LogP contribution in [0.2, 0.25) is 0 Å². The largest absolute Gasteiger partial charge is 0.481 e. The maximum absolute atomic E-state index is 11.7. The number of fused-ring (bicyclic) bond motifs is 1. The monoisotopic (exact) mass is 400 g/mol. The zero-order chi connectivity index (χ0) is 21.1. The van der Waals surface area contributed by atoms with Crippen molar-refractivity contribution in [3.05, 3.63) is 72.4 Å². The van der Waals surface area contributed by atoms with Crippen LogP contribution in [0.3, 0.4) is 0 Å². The average molecular weight is 400 g/mol. The molecule has 152 valence electrons. The molecule has 0 aliphatic rings. The first-order chi connectivity index (χ1) is 14.6. The average Bonchev–Trinajstić information content (AvgIpc) is 3.10. The Morgan fingerprint density at radius 3 is 2.43 bits per heavy atom. The minimum absolute atomic E-state index is 0.113. The fraction of sp³-hybridized carbons (Fsp3) is 0.200. The highest BCUT2D eigenvalue weighted by Gasteiger charge is 2.13. The SMILES string of the molecule is CCOC(=O)COc1ccc(-c2cccc(-c3ccc(C)n3C)n2)c2ccccc12. The molecule has 0 saturated carbocycles. The molecule has 5 nitrogen and oxygen atoms in total. The van der Waals surface area contributed by atoms with Crippen LogP contribution in [-0.4, -0.2) is 28.7 Å². The summed E-state index contributed by atoms with van der Waals surface area (Å²) in [5, 5.41) is 1.95. The van der Waals surface area contributed by atoms with Gasteiger partial charge in [0.2, 0.25) is 0 Å². The molecule has 5 heteroatoms. The Balaban J connectivity index is 1.74. The van der Waals surface area contributed by atoms with Gasteiger partial charge in [-0.25, -0.2) is 9.78 Å². The van der Waals surface area contributed by atoms with Gasteiger partial charge >= 0.3 is 5.97 Å². The molecular weight excluding hydrogens is 376 g/mol. The van der Waals surface area contributed by atoms with Gasteiger partial charge in [-0.2, -0.15) is 0 Å². The van der Waals surface area contributed by atoms with Crippen molar-refractivity contribution in [1.82, 2.24) is 9.55 Å². The van der Waals surface area contributed by atoms with Crippen molar-refractivity contribution in [2.45, 2.75) is 13.8 Å². The number of esters is 1. The van der Waals surface area contributed by atoms with Gasteiger partial charge in [0.15, 0.2) is 6.61 Å². The summed E-state index contributed by atoms with van der Waals surface area (Å²) in [6.07, 6.45) is 0. The molecule has 0 spiro atoms. The summed E-state index contributed by atoms with van der Waals surface area (Å²) in [7, 11) is 2.05. The number of hydrogen-bond acceptors (Lipinski definition) is 4. The van der Waals surface area contributed by atoms with Gasteiger partial charge in [0, 0.05) is 23.7 Å². The Bertz CT molecular complexity index is 1210. The van der Waals surface area contributed by atoms with Crippen LogP contribution >= 0.6 is 0 Å². The molecule has 0 N–H and O–H groups in total. The topological polar surface area (TPSA) is 53.4 Å². The number of rotatable bonds is 6. The number of carbonyl (C=O) groups excluding carboxylic acids is 1. The first-order valence-corrected chi connectivity index (χ1v) is 9.98. The molecular formula is C25H24N2O3. The lowest BCUT2D eigenvalue weighted by Crippen LogP contribution is -2.14. The normalized spacial score (nSPS) is 10.9. The molecule has 0 aliphatic heterocycles. The minimum Gasteiger partial charge on any atom is -0.481 e. The Morgan fingerprint density at radius 1 is 0.933 bits per heavy atom. The summed E-state index contributed by atoms with van der Waals surface area (Å²) in [5.41, 5.74) is 5.09. The number of benzene rings is 2. The molecule has 0 aliphatic carbocycles. The van der Waals surface area contributed by atoms with Crippen LogP contribution in [0.15, 0.2) is 66.7 Å². The molecule has 0 amide bonds. The third-order valence-electron chi connectivity index (χ3n) is 5.20. The summed E-state index contributed by atoms with van der Waals surface area (Å²) in [4.78, 5) is 16.6. The number of hydrogen-bond donors (Lipinski definition) is 0. The lowest BCUT2D eigenvalue weighted by atomic mass is 10.0. The van der Waals surface area contributed by atoms with Gasteiger partial charge in [0.05, 0.1) is 23.7 Å². The lowest BCUT2D eigenvalue weighted by molar-refractivity contribution is -0.145. The zero-order valence-corrected chi connectivity index (χ0v) is 17.4. The Labute approximate surface area is 175 Å². The van der Waals surface area contributed by atoms with Gasteiger partial charge < -0.3 is 14.0 Å². The molecule has 2 aromatic heterocycles. The van der Waals surface area contributed by atoms with E-state index in [0.717, 1.165) is 33.4 Å². The van der Waals surface area contributed by atoms with Crippen LogP contribution in [-0.2, 0) is 16.6 Å². The highest BCUT2D eigenvalue weighted by Crippen LogP contribution is 2.34. The van der Waals surface area contributed by atoms with E-state index >= 15 is 0 Å². The van der Waals surface area contributed by atoms with Crippen molar-refractivity contribution in [2.24, 2.45) is 7.05 Å². The first kappa shape index (κ1) is 19.7. The molecule has 4 aromatic rings. The van der Waals surface area contributed by atoms with Crippen LogP contribution in [0.25, 0.3) is 33.4 Å². The van der Waals surface area contributed by atoms with Crippen LogP contribution in [0, 0.1) is 6.92 Å². The van der Waals surface area contributed by atoms with E-state index in [9.17, 15) is 4.79 Å². The standard InChI is InChI=1S/C25H24N2O3/c1-4-29-25(28)16-30-24-15-13-19(18-8-5-6-9-20(18)24)21-10-7-11-22(26-21)23-14-12-17(2)27(23)3/h5-15H,4,16H2,1-3H3. The Hall–Kier alpha value is -3.60. The van der Waals surface area contributed by atoms with E-state index in [1.165, 1.54) is 5.69 Å². The molecule has 0 bridgehead atoms. The number of nitrogens with zero attached hydrogens (tertiary/aromatic N) is 2. The summed E-state index contributed by atoms with van der Waals surface area (Å²) in [6.45, 7) is 4.08. The summed E-state index contributed by atoms with van der Waals surface area (Å²) < 4.78 is 12.8. The minimum atomic E-state index is -0.377. The van der Waals surface area contributed by atoms with E-state index in [2.05, 4.69) is 23.6 Å². The number of pyridine rings is 1. The maximum atomic E-state index is 11.7. The van der Waals surface area contributed by atoms with E-state index in [-0.39, 0.29) is 12.6 Å². The van der Waals surface area contributed by atoms with Gasteiger partial charge in [0.1, 0.15) is 5.75 Å². The second-order valence-corrected chi connectivity index (χ2v) is 7.08. The van der Waals surface area contributed by atoms with Gasteiger partial charge in [-0.3, -0.25) is 0 Å². The maximum Gasteiger partial charge on any atom is 0.344 e. The summed E-state index contributed by atoms with van der Waals surface area (Å²) >= 11 is 0. The van der Waals surface area contributed by atoms with Crippen molar-refractivity contribution in [1.29, 1.82) is 0 Å². The van der Waals surface area contributed by atoms with E-state index in [4.69, 9.17) is 14.5 Å². The highest BCUT2D eigenvalue weighted by molar-refractivity contribution is 5.99. The second kappa shape index (κ2) is 8.41. The van der Waals surface area contributed by atoms with Crippen molar-refractivity contribution >= 4 is 16.7 Å². The number of ether oxygens (including phenoxy) is 2. The molecule has 2 aromatic carbocycles. The van der Waals surface area contributed by atoms with Crippen molar-refractivity contribution < 1.29 is 14.3 Å². The third-order valence-corrected chi connectivity index (χ3v) is 5.20. The number of carbonyl (C=O) groups is 1. The zero-order valence-electron chi connectivity index (χ0n) is 17.4. The van der Waals surface area contributed by atoms with E-state index in [1.54, 1.807) is 6.92 Å². The number of aromatic nitrogens is 2. The third kappa shape index (κ3) is 3.79. The van der Waals surface area contributed by atoms with Crippen molar-refractivity contribution in [3.63, 3.8) is 0 Å². The lowest BCUT2D eigenvalue weighted by Gasteiger charge is -2.13. The van der Waals surface area contributed by atoms with Crippen molar-refractivity contribution in [2.75, 3.05) is 13.2 Å². The van der Waals surface area contributed by atoms with Crippen LogP contribution in [0.4, 0.5) is 0 Å². The van der Waals surface area contributed by atoms with Gasteiger partial charge in [-0.15, -0.1) is 0 Å². The van der Waals surface area contributed by atoms with E-state index < -0.39 is 0 Å². The van der Waals surface area contributed by atoms with Crippen LogP contribution in [0.5, 0.6) is 5.75 Å². The summed E-state index contributed by atoms with van der Waals surface area (Å²) in [6, 6.07) is 22.1. The van der Waals surface area contributed by atoms with Crippen LogP contribution < -0.4 is 4.74 Å². The molecule has 0 fully saturated rings. The van der Waals surface area contributed by atoms with Gasteiger partial charge in [0.25, 0.3) is 0 Å². The molecule has 4 rings (SSSR count). The fourth-order valence-corrected chi connectivity index (χ4v) is 3.56. The molecule has 0 atom stereocenters. The molecule has 0 unspecified atom stereocenters. The Morgan fingerprint density at radius 2 is 1.70 bits per heavy atom. The van der Waals surface area contributed by atoms with E-state index in [1.807, 2.05) is 61.6 Å². The predicted octanol–water partition coefficient (Wildman–Crippen LogP) is 5.16. The van der Waals surface area contributed by atoms with Crippen molar-refractivity contribution in [3.8, 4) is 28.4 Å². The molecule has 30 heavy (non-hydrogen) atoms. The highest BCUT2D eigenvalue weighted by atomic mass is 16.6. The van der Waals surface area contributed by atoms with Crippen LogP contribution in [0.1, 0.15) is 12.6 Å². The predicted molar refractivity (Wildman–Crippen MR) is 118 cm³/mol. The second-order valence-electron chi connectivity index (χ2n) is 7.08. The molecule has 0 radical (unpaired) electrons. The number of aryl methyl sites for hydroxylation is 1. The van der Waals surface area contributed by atoms with E-state index in [0.29, 0.717) is 12.4 Å². The smallest absolute Gasteiger partial charge is 0.344 e. The quantitative estimate of drug-likeness (QED) is 0.420. The summed E-state index contributed by atoms with van der Waals surface area (Å²) in [5.74, 6) is 0.273. The Kier molecular flexibility index (Phi) is 5.53. The fourth-order valence-electron chi connectivity index (χ4n) is 3.56. The molecule has 0 saturated heterocycles. The first-order valence-electron chi connectivity index (χ1n) is 9.98. The molecule has 2 heterocycles. The van der Waals surface area contributed by atoms with Gasteiger partial charge in [-0.05, 0) is 55.6 Å². The van der Waals surface area contributed by atoms with Gasteiger partial charge in [-0.1, -0.05) is 30.3 Å².